The third-order valence-electron chi connectivity index (χ3n) is 5.93. The summed E-state index contributed by atoms with van der Waals surface area (Å²) >= 11 is 1.37. The van der Waals surface area contributed by atoms with Crippen LogP contribution in [0.4, 0.5) is 9.18 Å². The fourth-order valence-corrected chi connectivity index (χ4v) is 5.19. The molecule has 0 spiro atoms. The van der Waals surface area contributed by atoms with Gasteiger partial charge in [-0.2, -0.15) is 10.2 Å². The van der Waals surface area contributed by atoms with Gasteiger partial charge in [0.1, 0.15) is 11.4 Å². The van der Waals surface area contributed by atoms with Crippen molar-refractivity contribution in [2.75, 3.05) is 13.1 Å². The average molecular weight is 471 g/mol. The van der Waals surface area contributed by atoms with Crippen LogP contribution in [0, 0.1) is 12.7 Å². The van der Waals surface area contributed by atoms with Crippen molar-refractivity contribution in [3.05, 3.63) is 35.5 Å². The number of amides is 1. The van der Waals surface area contributed by atoms with E-state index in [1.165, 1.54) is 11.3 Å². The van der Waals surface area contributed by atoms with Gasteiger partial charge in [0.05, 0.1) is 17.4 Å². The maximum Gasteiger partial charge on any atom is 0.410 e. The molecule has 0 bridgehead atoms. The highest BCUT2D eigenvalue weighted by molar-refractivity contribution is 7.19. The van der Waals surface area contributed by atoms with Gasteiger partial charge >= 0.3 is 6.09 Å². The molecule has 174 valence electrons. The Morgan fingerprint density at radius 1 is 1.21 bits per heavy atom. The first-order chi connectivity index (χ1) is 15.6. The first-order valence-corrected chi connectivity index (χ1v) is 11.9. The van der Waals surface area contributed by atoms with E-state index in [0.717, 1.165) is 28.9 Å². The first kappa shape index (κ1) is 21.8. The number of carbonyl (C=O) groups is 1. The second-order valence-electron chi connectivity index (χ2n) is 9.65. The van der Waals surface area contributed by atoms with Gasteiger partial charge in [0.15, 0.2) is 5.01 Å². The number of rotatable bonds is 2. The smallest absolute Gasteiger partial charge is 0.410 e. The Labute approximate surface area is 195 Å². The summed E-state index contributed by atoms with van der Waals surface area (Å²) in [4.78, 5) is 19.6. The molecule has 4 heterocycles. The van der Waals surface area contributed by atoms with Gasteiger partial charge in [-0.25, -0.2) is 18.7 Å². The van der Waals surface area contributed by atoms with Gasteiger partial charge in [-0.15, -0.1) is 0 Å². The highest BCUT2D eigenvalue weighted by Gasteiger charge is 2.29. The summed E-state index contributed by atoms with van der Waals surface area (Å²) in [5, 5.41) is 10.4. The predicted octanol–water partition coefficient (Wildman–Crippen LogP) is 4.91. The van der Waals surface area contributed by atoms with Crippen molar-refractivity contribution in [1.29, 1.82) is 0 Å². The Morgan fingerprint density at radius 2 is 1.94 bits per heavy atom. The molecule has 1 saturated heterocycles. The van der Waals surface area contributed by atoms with E-state index in [1.807, 2.05) is 40.2 Å². The van der Waals surface area contributed by atoms with Crippen molar-refractivity contribution in [3.8, 4) is 10.6 Å². The molecule has 1 aliphatic heterocycles. The molecule has 10 heteroatoms. The third kappa shape index (κ3) is 4.07. The summed E-state index contributed by atoms with van der Waals surface area (Å²) in [7, 11) is 1.83. The van der Waals surface area contributed by atoms with Gasteiger partial charge < -0.3 is 9.64 Å². The van der Waals surface area contributed by atoms with E-state index in [0.29, 0.717) is 34.7 Å². The summed E-state index contributed by atoms with van der Waals surface area (Å²) in [6, 6.07) is 1.80. The molecule has 4 aromatic rings. The van der Waals surface area contributed by atoms with E-state index in [2.05, 4.69) is 10.2 Å². The van der Waals surface area contributed by atoms with Crippen molar-refractivity contribution in [2.24, 2.45) is 7.05 Å². The van der Waals surface area contributed by atoms with Crippen molar-refractivity contribution in [2.45, 2.75) is 52.1 Å². The average Bonchev–Trinajstić information content (AvgIpc) is 3.42. The molecule has 5 rings (SSSR count). The monoisotopic (exact) mass is 470 g/mol. The normalized spacial score (nSPS) is 15.6. The van der Waals surface area contributed by atoms with Crippen molar-refractivity contribution in [1.82, 2.24) is 29.3 Å². The molecule has 0 N–H and O–H groups in total. The van der Waals surface area contributed by atoms with Crippen molar-refractivity contribution < 1.29 is 13.9 Å². The molecule has 0 unspecified atom stereocenters. The molecule has 33 heavy (non-hydrogen) atoms. The van der Waals surface area contributed by atoms with E-state index in [9.17, 15) is 4.79 Å². The van der Waals surface area contributed by atoms with Crippen LogP contribution in [0.25, 0.3) is 26.4 Å². The van der Waals surface area contributed by atoms with Gasteiger partial charge in [-0.1, -0.05) is 11.3 Å². The third-order valence-corrected chi connectivity index (χ3v) is 6.89. The second kappa shape index (κ2) is 7.79. The van der Waals surface area contributed by atoms with E-state index in [1.54, 1.807) is 27.1 Å². The first-order valence-electron chi connectivity index (χ1n) is 11.1. The van der Waals surface area contributed by atoms with Crippen LogP contribution in [0.3, 0.4) is 0 Å². The molecule has 1 fully saturated rings. The molecule has 0 aliphatic carbocycles. The largest absolute Gasteiger partial charge is 0.444 e. The van der Waals surface area contributed by atoms with E-state index in [-0.39, 0.29) is 17.8 Å². The van der Waals surface area contributed by atoms with Crippen LogP contribution < -0.4 is 0 Å². The minimum absolute atomic E-state index is 0.256. The number of piperidine rings is 1. The zero-order chi connectivity index (χ0) is 23.5. The molecule has 0 saturated carbocycles. The lowest BCUT2D eigenvalue weighted by molar-refractivity contribution is 0.0204. The number of halogens is 1. The number of fused-ring (bicyclic) bond motifs is 2. The minimum Gasteiger partial charge on any atom is -0.444 e. The van der Waals surface area contributed by atoms with Gasteiger partial charge in [-0.05, 0) is 46.6 Å². The van der Waals surface area contributed by atoms with E-state index < -0.39 is 5.60 Å². The Hall–Kier alpha value is -3.01. The highest BCUT2D eigenvalue weighted by Crippen LogP contribution is 2.35. The molecule has 8 nitrogen and oxygen atoms in total. The Balaban J connectivity index is 1.34. The molecular weight excluding hydrogens is 443 g/mol. The number of hydrogen-bond acceptors (Lipinski definition) is 6. The molecule has 3 aromatic heterocycles. The second-order valence-corrected chi connectivity index (χ2v) is 10.6. The van der Waals surface area contributed by atoms with Crippen LogP contribution in [0.5, 0.6) is 0 Å². The van der Waals surface area contributed by atoms with E-state index >= 15 is 4.39 Å². The molecule has 1 aromatic carbocycles. The van der Waals surface area contributed by atoms with Gasteiger partial charge in [0, 0.05) is 48.8 Å². The number of likely N-dealkylation sites (tertiary alicyclic amines) is 1. The van der Waals surface area contributed by atoms with Crippen molar-refractivity contribution in [3.63, 3.8) is 0 Å². The molecule has 0 atom stereocenters. The molecule has 1 aliphatic rings. The maximum atomic E-state index is 15.1. The summed E-state index contributed by atoms with van der Waals surface area (Å²) in [6.07, 6.45) is 5.19. The lowest BCUT2D eigenvalue weighted by atomic mass is 9.94. The van der Waals surface area contributed by atoms with Gasteiger partial charge in [0.2, 0.25) is 4.96 Å². The van der Waals surface area contributed by atoms with Gasteiger partial charge in [-0.3, -0.25) is 4.68 Å². The number of imidazole rings is 1. The van der Waals surface area contributed by atoms with Crippen LogP contribution in [-0.4, -0.2) is 54.1 Å². The van der Waals surface area contributed by atoms with Gasteiger partial charge in [0.25, 0.3) is 0 Å². The molecule has 0 radical (unpaired) electrons. The lowest BCUT2D eigenvalue weighted by Gasteiger charge is -2.32. The van der Waals surface area contributed by atoms with Crippen LogP contribution >= 0.6 is 11.3 Å². The van der Waals surface area contributed by atoms with Crippen LogP contribution in [-0.2, 0) is 11.8 Å². The quantitative estimate of drug-likeness (QED) is 0.416. The predicted molar refractivity (Wildman–Crippen MR) is 125 cm³/mol. The number of ether oxygens (including phenoxy) is 1. The maximum absolute atomic E-state index is 15.1. The Bertz CT molecular complexity index is 1330. The summed E-state index contributed by atoms with van der Waals surface area (Å²) in [5.74, 6) is -0.0419. The van der Waals surface area contributed by atoms with Crippen LogP contribution in [0.2, 0.25) is 0 Å². The Kier molecular flexibility index (Phi) is 5.15. The number of aryl methyl sites for hydroxylation is 2. The standard InChI is InChI=1S/C23H27FN6O2S/c1-13-18(24)16(10-15-11-28(5)26-19(13)15)20-27-30-12-17(25-21(30)33-20)14-6-8-29(9-7-14)22(31)32-23(2,3)4/h10-12,14H,6-9H2,1-5H3. The SMILES string of the molecule is Cc1c(F)c(-c2nn3cc(C4CCN(C(=O)OC(C)(C)C)CC4)nc3s2)cc2cn(C)nc12. The fraction of sp³-hybridized carbons (Fsp3) is 0.478. The zero-order valence-electron chi connectivity index (χ0n) is 19.4. The number of nitrogens with zero attached hydrogens (tertiary/aromatic N) is 6. The lowest BCUT2D eigenvalue weighted by Crippen LogP contribution is -2.41. The summed E-state index contributed by atoms with van der Waals surface area (Å²) in [5.41, 5.74) is 2.12. The number of hydrogen-bond donors (Lipinski definition) is 0. The van der Waals surface area contributed by atoms with E-state index in [4.69, 9.17) is 9.72 Å². The minimum atomic E-state index is -0.495. The number of benzene rings is 1. The molecular formula is C23H27FN6O2S. The topological polar surface area (TPSA) is 77.5 Å². The highest BCUT2D eigenvalue weighted by atomic mass is 32.1. The Morgan fingerprint density at radius 3 is 2.61 bits per heavy atom. The summed E-state index contributed by atoms with van der Waals surface area (Å²) < 4.78 is 24.0. The van der Waals surface area contributed by atoms with Crippen molar-refractivity contribution >= 4 is 33.3 Å². The number of aromatic nitrogens is 5. The fourth-order valence-electron chi connectivity index (χ4n) is 4.29. The zero-order valence-corrected chi connectivity index (χ0v) is 20.2. The molecule has 1 amide bonds. The summed E-state index contributed by atoms with van der Waals surface area (Å²) in [6.45, 7) is 8.64. The number of carbonyl (C=O) groups excluding carboxylic acids is 1. The van der Waals surface area contributed by atoms with Crippen LogP contribution in [0.15, 0.2) is 18.5 Å². The van der Waals surface area contributed by atoms with Crippen LogP contribution in [0.1, 0.15) is 50.8 Å².